The average Bonchev–Trinajstić information content (AvgIpc) is 2.36. The number of nitrogens with zero attached hydrogens (tertiary/aromatic N) is 1. The fourth-order valence-corrected chi connectivity index (χ4v) is 2.01. The van der Waals surface area contributed by atoms with Gasteiger partial charge in [0.05, 0.1) is 17.2 Å². The number of halogens is 1. The molecule has 0 aliphatic rings. The van der Waals surface area contributed by atoms with Crippen molar-refractivity contribution in [2.75, 3.05) is 11.9 Å². The Balaban J connectivity index is 2.74. The molecule has 0 spiro atoms. The largest absolute Gasteiger partial charge is 0.388 e. The molecule has 17 heavy (non-hydrogen) atoms. The summed E-state index contributed by atoms with van der Waals surface area (Å²) < 4.78 is 0.839. The van der Waals surface area contributed by atoms with Crippen LogP contribution in [0.4, 0.5) is 5.69 Å². The zero-order chi connectivity index (χ0) is 12.9. The monoisotopic (exact) mass is 296 g/mol. The van der Waals surface area contributed by atoms with E-state index in [2.05, 4.69) is 27.3 Å². The van der Waals surface area contributed by atoms with E-state index in [1.165, 1.54) is 0 Å². The maximum absolute atomic E-state index is 10.2. The molecule has 0 bridgehead atoms. The van der Waals surface area contributed by atoms with Crippen LogP contribution in [0.15, 0.2) is 22.7 Å². The number of hydrogen-bond donors (Lipinski definition) is 2. The third kappa shape index (κ3) is 3.72. The maximum atomic E-state index is 10.2. The van der Waals surface area contributed by atoms with Crippen molar-refractivity contribution in [3.05, 3.63) is 28.2 Å². The summed E-state index contributed by atoms with van der Waals surface area (Å²) in [5.74, 6) is 0. The predicted octanol–water partition coefficient (Wildman–Crippen LogP) is 3.28. The lowest BCUT2D eigenvalue weighted by atomic mass is 9.97. The molecule has 1 rings (SSSR count). The minimum atomic E-state index is -0.673. The predicted molar refractivity (Wildman–Crippen MR) is 72.9 cm³/mol. The first-order valence-corrected chi connectivity index (χ1v) is 6.50. The zero-order valence-corrected chi connectivity index (χ0v) is 11.7. The highest BCUT2D eigenvalue weighted by Crippen LogP contribution is 2.25. The lowest BCUT2D eigenvalue weighted by Crippen LogP contribution is -2.35. The van der Waals surface area contributed by atoms with Gasteiger partial charge in [0.25, 0.3) is 0 Å². The van der Waals surface area contributed by atoms with Crippen LogP contribution in [0.2, 0.25) is 0 Å². The normalized spacial score (nSPS) is 11.0. The zero-order valence-electron chi connectivity index (χ0n) is 10.1. The van der Waals surface area contributed by atoms with Crippen molar-refractivity contribution in [3.8, 4) is 6.07 Å². The van der Waals surface area contributed by atoms with Gasteiger partial charge in [0, 0.05) is 16.7 Å². The second kappa shape index (κ2) is 6.04. The highest BCUT2D eigenvalue weighted by atomic mass is 79.9. The molecule has 0 heterocycles. The topological polar surface area (TPSA) is 56.0 Å². The van der Waals surface area contributed by atoms with E-state index in [0.717, 1.165) is 10.2 Å². The Hall–Kier alpha value is -1.05. The molecule has 0 saturated carbocycles. The van der Waals surface area contributed by atoms with Crippen molar-refractivity contribution in [1.82, 2.24) is 0 Å². The standard InChI is InChI=1S/C13H17BrN2O/c1-3-13(17,4-2)9-16-12-6-5-10(8-15)7-11(12)14/h5-7,16-17H,3-4,9H2,1-2H3. The van der Waals surface area contributed by atoms with Crippen molar-refractivity contribution >= 4 is 21.6 Å². The Morgan fingerprint density at radius 2 is 2.06 bits per heavy atom. The Morgan fingerprint density at radius 3 is 2.53 bits per heavy atom. The molecule has 1 aromatic carbocycles. The third-order valence-corrected chi connectivity index (χ3v) is 3.68. The van der Waals surface area contributed by atoms with Gasteiger partial charge in [-0.05, 0) is 47.0 Å². The molecule has 0 aliphatic heterocycles. The van der Waals surface area contributed by atoms with E-state index in [1.54, 1.807) is 12.1 Å². The van der Waals surface area contributed by atoms with Gasteiger partial charge in [-0.15, -0.1) is 0 Å². The average molecular weight is 297 g/mol. The molecular weight excluding hydrogens is 280 g/mol. The lowest BCUT2D eigenvalue weighted by molar-refractivity contribution is 0.0457. The summed E-state index contributed by atoms with van der Waals surface area (Å²) in [5, 5.41) is 22.1. The van der Waals surface area contributed by atoms with Crippen LogP contribution in [-0.4, -0.2) is 17.3 Å². The van der Waals surface area contributed by atoms with E-state index in [0.29, 0.717) is 24.9 Å². The number of nitrogens with one attached hydrogen (secondary N) is 1. The van der Waals surface area contributed by atoms with Gasteiger partial charge in [-0.25, -0.2) is 0 Å². The number of nitriles is 1. The summed E-state index contributed by atoms with van der Waals surface area (Å²) in [5.41, 5.74) is 0.834. The number of benzene rings is 1. The molecule has 0 atom stereocenters. The van der Waals surface area contributed by atoms with E-state index in [1.807, 2.05) is 19.9 Å². The second-order valence-electron chi connectivity index (χ2n) is 4.09. The van der Waals surface area contributed by atoms with Gasteiger partial charge in [-0.1, -0.05) is 13.8 Å². The van der Waals surface area contributed by atoms with Gasteiger partial charge in [0.2, 0.25) is 0 Å². The van der Waals surface area contributed by atoms with E-state index in [4.69, 9.17) is 5.26 Å². The molecule has 4 heteroatoms. The molecule has 0 amide bonds. The minimum Gasteiger partial charge on any atom is -0.388 e. The van der Waals surface area contributed by atoms with Crippen LogP contribution in [0.3, 0.4) is 0 Å². The molecule has 92 valence electrons. The fraction of sp³-hybridized carbons (Fsp3) is 0.462. The Kier molecular flexibility index (Phi) is 4.98. The van der Waals surface area contributed by atoms with Gasteiger partial charge >= 0.3 is 0 Å². The summed E-state index contributed by atoms with van der Waals surface area (Å²) in [6.07, 6.45) is 1.43. The summed E-state index contributed by atoms with van der Waals surface area (Å²) >= 11 is 3.40. The summed E-state index contributed by atoms with van der Waals surface area (Å²) in [7, 11) is 0. The van der Waals surface area contributed by atoms with Crippen LogP contribution in [0, 0.1) is 11.3 Å². The van der Waals surface area contributed by atoms with Crippen LogP contribution in [0.5, 0.6) is 0 Å². The van der Waals surface area contributed by atoms with Crippen molar-refractivity contribution in [2.24, 2.45) is 0 Å². The molecular formula is C13H17BrN2O. The van der Waals surface area contributed by atoms with Gasteiger partial charge in [-0.3, -0.25) is 0 Å². The molecule has 1 aromatic rings. The number of rotatable bonds is 5. The molecule has 0 aliphatic carbocycles. The van der Waals surface area contributed by atoms with Crippen molar-refractivity contribution in [3.63, 3.8) is 0 Å². The first-order valence-electron chi connectivity index (χ1n) is 5.70. The maximum Gasteiger partial charge on any atom is 0.0992 e. The van der Waals surface area contributed by atoms with Crippen molar-refractivity contribution in [2.45, 2.75) is 32.3 Å². The molecule has 0 unspecified atom stereocenters. The highest BCUT2D eigenvalue weighted by Gasteiger charge is 2.21. The molecule has 0 aromatic heterocycles. The lowest BCUT2D eigenvalue weighted by Gasteiger charge is -2.26. The SMILES string of the molecule is CCC(O)(CC)CNc1ccc(C#N)cc1Br. The quantitative estimate of drug-likeness (QED) is 0.877. The van der Waals surface area contributed by atoms with Gasteiger partial charge in [0.15, 0.2) is 0 Å². The van der Waals surface area contributed by atoms with Crippen molar-refractivity contribution < 1.29 is 5.11 Å². The number of hydrogen-bond acceptors (Lipinski definition) is 3. The van der Waals surface area contributed by atoms with Crippen LogP contribution in [0.1, 0.15) is 32.3 Å². The van der Waals surface area contributed by atoms with Crippen LogP contribution in [0.25, 0.3) is 0 Å². The molecule has 3 nitrogen and oxygen atoms in total. The molecule has 0 radical (unpaired) electrons. The minimum absolute atomic E-state index is 0.504. The Labute approximate surface area is 111 Å². The smallest absolute Gasteiger partial charge is 0.0992 e. The van der Waals surface area contributed by atoms with Crippen LogP contribution >= 0.6 is 15.9 Å². The van der Waals surface area contributed by atoms with E-state index in [-0.39, 0.29) is 0 Å². The molecule has 0 fully saturated rings. The fourth-order valence-electron chi connectivity index (χ4n) is 1.49. The first-order chi connectivity index (χ1) is 8.04. The summed E-state index contributed by atoms with van der Waals surface area (Å²) in [6.45, 7) is 4.45. The highest BCUT2D eigenvalue weighted by molar-refractivity contribution is 9.10. The van der Waals surface area contributed by atoms with Crippen LogP contribution in [-0.2, 0) is 0 Å². The van der Waals surface area contributed by atoms with E-state index < -0.39 is 5.60 Å². The second-order valence-corrected chi connectivity index (χ2v) is 4.95. The Morgan fingerprint density at radius 1 is 1.41 bits per heavy atom. The Bertz CT molecular complexity index is 422. The number of anilines is 1. The van der Waals surface area contributed by atoms with Gasteiger partial charge in [0.1, 0.15) is 0 Å². The molecule has 2 N–H and O–H groups in total. The van der Waals surface area contributed by atoms with Gasteiger partial charge < -0.3 is 10.4 Å². The third-order valence-electron chi connectivity index (χ3n) is 3.02. The molecule has 0 saturated heterocycles. The van der Waals surface area contributed by atoms with Crippen LogP contribution < -0.4 is 5.32 Å². The summed E-state index contributed by atoms with van der Waals surface area (Å²) in [4.78, 5) is 0. The number of aliphatic hydroxyl groups is 1. The van der Waals surface area contributed by atoms with E-state index in [9.17, 15) is 5.11 Å². The van der Waals surface area contributed by atoms with Gasteiger partial charge in [-0.2, -0.15) is 5.26 Å². The van der Waals surface area contributed by atoms with Crippen molar-refractivity contribution in [1.29, 1.82) is 5.26 Å². The first kappa shape index (κ1) is 14.0. The van der Waals surface area contributed by atoms with E-state index >= 15 is 0 Å². The summed E-state index contributed by atoms with van der Waals surface area (Å²) in [6, 6.07) is 7.44.